The summed E-state index contributed by atoms with van der Waals surface area (Å²) in [5, 5.41) is 5.77. The minimum Gasteiger partial charge on any atom is -0.452 e. The second-order valence-electron chi connectivity index (χ2n) is 3.92. The van der Waals surface area contributed by atoms with Crippen molar-refractivity contribution < 1.29 is 22.6 Å². The van der Waals surface area contributed by atoms with E-state index in [-0.39, 0.29) is 6.54 Å². The lowest BCUT2D eigenvalue weighted by molar-refractivity contribution is 0.147. The first kappa shape index (κ1) is 14.8. The van der Waals surface area contributed by atoms with E-state index in [2.05, 4.69) is 19.7 Å². The molecule has 1 heterocycles. The topological polar surface area (TPSA) is 129 Å². The van der Waals surface area contributed by atoms with Crippen LogP contribution in [0, 0.1) is 0 Å². The lowest BCUT2D eigenvalue weighted by Crippen LogP contribution is -2.36. The first-order valence-electron chi connectivity index (χ1n) is 5.69. The summed E-state index contributed by atoms with van der Waals surface area (Å²) in [6, 6.07) is 8.51. The van der Waals surface area contributed by atoms with Gasteiger partial charge in [-0.15, -0.1) is 0 Å². The highest BCUT2D eigenvalue weighted by molar-refractivity contribution is 7.89. The molecular formula is C11H12N4O5S. The molecule has 112 valence electrons. The first-order chi connectivity index (χ1) is 9.96. The third kappa shape index (κ3) is 2.94. The van der Waals surface area contributed by atoms with Crippen LogP contribution < -0.4 is 5.73 Å². The predicted molar refractivity (Wildman–Crippen MR) is 70.3 cm³/mol. The molecular weight excluding hydrogens is 300 g/mol. The Balaban J connectivity index is 2.41. The zero-order valence-electron chi connectivity index (χ0n) is 11.0. The monoisotopic (exact) mass is 312 g/mol. The van der Waals surface area contributed by atoms with Crippen LogP contribution >= 0.6 is 0 Å². The minimum absolute atomic E-state index is 0.234. The molecule has 2 aromatic rings. The van der Waals surface area contributed by atoms with E-state index in [0.29, 0.717) is 9.87 Å². The average molecular weight is 312 g/mol. The lowest BCUT2D eigenvalue weighted by atomic mass is 10.2. The molecule has 0 aliphatic carbocycles. The van der Waals surface area contributed by atoms with Gasteiger partial charge in [-0.05, 0) is 15.9 Å². The maximum absolute atomic E-state index is 12.4. The number of hydrogen-bond donors (Lipinski definition) is 1. The molecule has 0 aliphatic rings. The van der Waals surface area contributed by atoms with E-state index < -0.39 is 27.0 Å². The number of carbonyl (C=O) groups excluding carboxylic acids is 1. The van der Waals surface area contributed by atoms with Gasteiger partial charge in [0.05, 0.1) is 13.7 Å². The number of aromatic nitrogens is 2. The summed E-state index contributed by atoms with van der Waals surface area (Å²) in [7, 11) is -3.26. The second kappa shape index (κ2) is 5.79. The van der Waals surface area contributed by atoms with E-state index in [0.717, 1.165) is 7.11 Å². The number of anilines is 1. The van der Waals surface area contributed by atoms with E-state index in [4.69, 9.17) is 5.73 Å². The van der Waals surface area contributed by atoms with Gasteiger partial charge in [0.1, 0.15) is 0 Å². The van der Waals surface area contributed by atoms with Crippen LogP contribution in [0.2, 0.25) is 0 Å². The Labute approximate surface area is 120 Å². The molecule has 0 atom stereocenters. The number of carbonyl (C=O) groups is 1. The summed E-state index contributed by atoms with van der Waals surface area (Å²) in [4.78, 5) is 11.8. The van der Waals surface area contributed by atoms with Crippen molar-refractivity contribution in [1.29, 1.82) is 0 Å². The number of nitrogens with two attached hydrogens (primary N) is 1. The summed E-state index contributed by atoms with van der Waals surface area (Å²) >= 11 is 0. The standard InChI is InChI=1S/C11H12N4O5S/c1-19-11(16)15(7-8-5-3-2-4-6-8)21(17,18)10-9(12)13-20-14-10/h2-6H,7H2,1H3,(H2,12,13). The number of nitrogens with zero attached hydrogens (tertiary/aromatic N) is 3. The van der Waals surface area contributed by atoms with Crippen LogP contribution in [0.4, 0.5) is 10.6 Å². The SMILES string of the molecule is COC(=O)N(Cc1ccccc1)S(=O)(=O)c1nonc1N. The third-order valence-corrected chi connectivity index (χ3v) is 4.19. The highest BCUT2D eigenvalue weighted by Gasteiger charge is 2.35. The number of amides is 1. The fourth-order valence-corrected chi connectivity index (χ4v) is 2.80. The zero-order chi connectivity index (χ0) is 15.5. The Hall–Kier alpha value is -2.62. The van der Waals surface area contributed by atoms with Crippen LogP contribution in [0.5, 0.6) is 0 Å². The molecule has 0 saturated carbocycles. The quantitative estimate of drug-likeness (QED) is 0.869. The minimum atomic E-state index is -4.33. The van der Waals surface area contributed by atoms with E-state index in [1.165, 1.54) is 0 Å². The number of sulfonamides is 1. The van der Waals surface area contributed by atoms with Gasteiger partial charge in [-0.2, -0.15) is 12.7 Å². The molecule has 0 saturated heterocycles. The van der Waals surface area contributed by atoms with Gasteiger partial charge in [0.15, 0.2) is 0 Å². The van der Waals surface area contributed by atoms with Crippen molar-refractivity contribution in [3.63, 3.8) is 0 Å². The molecule has 21 heavy (non-hydrogen) atoms. The number of rotatable bonds is 4. The molecule has 0 bridgehead atoms. The Morgan fingerprint density at radius 1 is 1.33 bits per heavy atom. The Kier molecular flexibility index (Phi) is 4.08. The number of nitrogen functional groups attached to an aromatic ring is 1. The lowest BCUT2D eigenvalue weighted by Gasteiger charge is -2.19. The van der Waals surface area contributed by atoms with Crippen LogP contribution in [0.1, 0.15) is 5.56 Å². The molecule has 0 fully saturated rings. The molecule has 0 unspecified atom stereocenters. The van der Waals surface area contributed by atoms with Gasteiger partial charge in [-0.25, -0.2) is 9.42 Å². The Morgan fingerprint density at radius 2 is 2.00 bits per heavy atom. The largest absolute Gasteiger partial charge is 0.452 e. The van der Waals surface area contributed by atoms with Crippen molar-refractivity contribution in [3.05, 3.63) is 35.9 Å². The van der Waals surface area contributed by atoms with Crippen LogP contribution in [0.15, 0.2) is 40.0 Å². The zero-order valence-corrected chi connectivity index (χ0v) is 11.8. The first-order valence-corrected chi connectivity index (χ1v) is 7.13. The van der Waals surface area contributed by atoms with Gasteiger partial charge >= 0.3 is 6.09 Å². The summed E-state index contributed by atoms with van der Waals surface area (Å²) < 4.78 is 34.1. The van der Waals surface area contributed by atoms with Gasteiger partial charge in [0, 0.05) is 0 Å². The van der Waals surface area contributed by atoms with Crippen molar-refractivity contribution in [2.45, 2.75) is 11.6 Å². The fraction of sp³-hybridized carbons (Fsp3) is 0.182. The summed E-state index contributed by atoms with van der Waals surface area (Å²) in [6.45, 7) is -0.234. The second-order valence-corrected chi connectivity index (χ2v) is 5.70. The van der Waals surface area contributed by atoms with E-state index in [1.807, 2.05) is 0 Å². The molecule has 9 nitrogen and oxygen atoms in total. The van der Waals surface area contributed by atoms with E-state index in [1.54, 1.807) is 30.3 Å². The highest BCUT2D eigenvalue weighted by Crippen LogP contribution is 2.21. The predicted octanol–water partition coefficient (Wildman–Crippen LogP) is 0.609. The summed E-state index contributed by atoms with van der Waals surface area (Å²) in [6.07, 6.45) is -1.07. The Bertz CT molecular complexity index is 728. The maximum Gasteiger partial charge on any atom is 0.423 e. The van der Waals surface area contributed by atoms with E-state index in [9.17, 15) is 13.2 Å². The molecule has 1 aromatic carbocycles. The molecule has 1 amide bonds. The van der Waals surface area contributed by atoms with Crippen molar-refractivity contribution in [2.75, 3.05) is 12.8 Å². The summed E-state index contributed by atoms with van der Waals surface area (Å²) in [5.74, 6) is -0.433. The molecule has 10 heteroatoms. The van der Waals surface area contributed by atoms with Gasteiger partial charge in [0.25, 0.3) is 15.0 Å². The van der Waals surface area contributed by atoms with Crippen LogP contribution in [-0.4, -0.2) is 36.2 Å². The third-order valence-electron chi connectivity index (χ3n) is 2.56. The highest BCUT2D eigenvalue weighted by atomic mass is 32.2. The van der Waals surface area contributed by atoms with Gasteiger partial charge in [-0.3, -0.25) is 0 Å². The normalized spacial score (nSPS) is 11.1. The van der Waals surface area contributed by atoms with Crippen molar-refractivity contribution in [3.8, 4) is 0 Å². The molecule has 0 aliphatic heterocycles. The smallest absolute Gasteiger partial charge is 0.423 e. The van der Waals surface area contributed by atoms with Crippen molar-refractivity contribution in [2.24, 2.45) is 0 Å². The number of hydrogen-bond acceptors (Lipinski definition) is 8. The number of methoxy groups -OCH3 is 1. The average Bonchev–Trinajstić information content (AvgIpc) is 2.92. The molecule has 0 spiro atoms. The molecule has 1 aromatic heterocycles. The number of ether oxygens (including phenoxy) is 1. The molecule has 2 N–H and O–H groups in total. The van der Waals surface area contributed by atoms with Crippen LogP contribution in [0.3, 0.4) is 0 Å². The summed E-state index contributed by atoms with van der Waals surface area (Å²) in [5.41, 5.74) is 5.96. The number of benzene rings is 1. The van der Waals surface area contributed by atoms with Crippen molar-refractivity contribution >= 4 is 21.9 Å². The van der Waals surface area contributed by atoms with Crippen LogP contribution in [-0.2, 0) is 21.3 Å². The van der Waals surface area contributed by atoms with Gasteiger partial charge < -0.3 is 10.5 Å². The van der Waals surface area contributed by atoms with Crippen LogP contribution in [0.25, 0.3) is 0 Å². The van der Waals surface area contributed by atoms with Crippen molar-refractivity contribution in [1.82, 2.24) is 14.6 Å². The molecule has 2 rings (SSSR count). The Morgan fingerprint density at radius 3 is 2.52 bits per heavy atom. The maximum atomic E-state index is 12.4. The molecule has 0 radical (unpaired) electrons. The van der Waals surface area contributed by atoms with E-state index >= 15 is 0 Å². The van der Waals surface area contributed by atoms with Gasteiger partial charge in [0.2, 0.25) is 5.82 Å². The fourth-order valence-electron chi connectivity index (χ4n) is 1.57. The van der Waals surface area contributed by atoms with Gasteiger partial charge in [-0.1, -0.05) is 30.3 Å².